The summed E-state index contributed by atoms with van der Waals surface area (Å²) in [5.74, 6) is 0.754. The molecule has 0 unspecified atom stereocenters. The Hall–Kier alpha value is -3.00. The SMILES string of the molecule is CCN(CC)C(=O)CCCC(=O)Nc1nc(-c2ccccc2)c(-c2nccn2C)s1. The van der Waals surface area contributed by atoms with Crippen molar-refractivity contribution in [3.63, 3.8) is 0 Å². The van der Waals surface area contributed by atoms with Crippen LogP contribution in [0.25, 0.3) is 22.0 Å². The molecule has 0 spiro atoms. The first kappa shape index (κ1) is 21.7. The standard InChI is InChI=1S/C22H27N5O2S/c1-4-27(5-2)18(29)13-9-12-17(28)24-22-25-19(16-10-7-6-8-11-16)20(30-22)21-23-14-15-26(21)3/h6-8,10-11,14-15H,4-5,9,12-13H2,1-3H3,(H,24,25,28). The van der Waals surface area contributed by atoms with Crippen LogP contribution in [0.5, 0.6) is 0 Å². The van der Waals surface area contributed by atoms with Crippen molar-refractivity contribution >= 4 is 28.3 Å². The van der Waals surface area contributed by atoms with Gasteiger partial charge in [-0.05, 0) is 20.3 Å². The molecular weight excluding hydrogens is 398 g/mol. The lowest BCUT2D eigenvalue weighted by atomic mass is 10.1. The maximum atomic E-state index is 12.4. The summed E-state index contributed by atoms with van der Waals surface area (Å²) in [7, 11) is 1.93. The monoisotopic (exact) mass is 425 g/mol. The van der Waals surface area contributed by atoms with Gasteiger partial charge in [-0.2, -0.15) is 0 Å². The smallest absolute Gasteiger partial charge is 0.226 e. The van der Waals surface area contributed by atoms with E-state index in [0.29, 0.717) is 31.1 Å². The summed E-state index contributed by atoms with van der Waals surface area (Å²) in [5.41, 5.74) is 1.76. The number of aromatic nitrogens is 3. The Balaban J connectivity index is 1.71. The summed E-state index contributed by atoms with van der Waals surface area (Å²) < 4.78 is 1.93. The lowest BCUT2D eigenvalue weighted by Crippen LogP contribution is -2.30. The molecule has 158 valence electrons. The molecule has 2 heterocycles. The Morgan fingerprint density at radius 1 is 1.13 bits per heavy atom. The normalized spacial score (nSPS) is 10.8. The quantitative estimate of drug-likeness (QED) is 0.557. The van der Waals surface area contributed by atoms with Gasteiger partial charge in [-0.25, -0.2) is 9.97 Å². The predicted octanol–water partition coefficient (Wildman–Crippen LogP) is 4.19. The van der Waals surface area contributed by atoms with E-state index in [2.05, 4.69) is 15.3 Å². The third kappa shape index (κ3) is 5.13. The zero-order chi connectivity index (χ0) is 21.5. The van der Waals surface area contributed by atoms with Gasteiger partial charge in [0.25, 0.3) is 0 Å². The van der Waals surface area contributed by atoms with Gasteiger partial charge in [-0.1, -0.05) is 41.7 Å². The number of carbonyl (C=O) groups is 2. The second-order valence-corrected chi connectivity index (χ2v) is 7.89. The van der Waals surface area contributed by atoms with Gasteiger partial charge in [0, 0.05) is 50.9 Å². The minimum atomic E-state index is -0.137. The molecule has 0 aliphatic heterocycles. The van der Waals surface area contributed by atoms with Gasteiger partial charge in [0.2, 0.25) is 11.8 Å². The Morgan fingerprint density at radius 2 is 1.87 bits per heavy atom. The molecule has 0 fully saturated rings. The van der Waals surface area contributed by atoms with Crippen molar-refractivity contribution in [2.24, 2.45) is 7.05 Å². The number of nitrogens with one attached hydrogen (secondary N) is 1. The van der Waals surface area contributed by atoms with Gasteiger partial charge in [0.15, 0.2) is 11.0 Å². The van der Waals surface area contributed by atoms with E-state index in [4.69, 9.17) is 0 Å². The fourth-order valence-corrected chi connectivity index (χ4v) is 4.26. The number of hydrogen-bond acceptors (Lipinski definition) is 5. The third-order valence-electron chi connectivity index (χ3n) is 4.86. The van der Waals surface area contributed by atoms with Crippen molar-refractivity contribution < 1.29 is 9.59 Å². The lowest BCUT2D eigenvalue weighted by Gasteiger charge is -2.18. The molecule has 2 amide bonds. The van der Waals surface area contributed by atoms with E-state index >= 15 is 0 Å². The molecule has 1 aromatic carbocycles. The Morgan fingerprint density at radius 3 is 2.50 bits per heavy atom. The van der Waals surface area contributed by atoms with Gasteiger partial charge < -0.3 is 14.8 Å². The molecule has 3 aromatic rings. The highest BCUT2D eigenvalue weighted by Crippen LogP contribution is 2.38. The van der Waals surface area contributed by atoms with Crippen LogP contribution < -0.4 is 5.32 Å². The molecular formula is C22H27N5O2S. The van der Waals surface area contributed by atoms with Crippen molar-refractivity contribution in [1.82, 2.24) is 19.4 Å². The largest absolute Gasteiger partial charge is 0.343 e. The lowest BCUT2D eigenvalue weighted by molar-refractivity contribution is -0.130. The summed E-state index contributed by atoms with van der Waals surface area (Å²) in [6.45, 7) is 5.30. The minimum Gasteiger partial charge on any atom is -0.343 e. The Bertz CT molecular complexity index is 992. The molecule has 0 aliphatic carbocycles. The zero-order valence-corrected chi connectivity index (χ0v) is 18.4. The summed E-state index contributed by atoms with van der Waals surface area (Å²) in [4.78, 5) is 36.3. The number of rotatable bonds is 9. The van der Waals surface area contributed by atoms with Crippen LogP contribution in [0.2, 0.25) is 0 Å². The number of hydrogen-bond donors (Lipinski definition) is 1. The average molecular weight is 426 g/mol. The second kappa shape index (κ2) is 10.2. The van der Waals surface area contributed by atoms with Crippen LogP contribution >= 0.6 is 11.3 Å². The van der Waals surface area contributed by atoms with Crippen molar-refractivity contribution in [2.75, 3.05) is 18.4 Å². The highest BCUT2D eigenvalue weighted by atomic mass is 32.1. The fourth-order valence-electron chi connectivity index (χ4n) is 3.22. The minimum absolute atomic E-state index is 0.0884. The first-order valence-electron chi connectivity index (χ1n) is 10.1. The maximum Gasteiger partial charge on any atom is 0.226 e. The van der Waals surface area contributed by atoms with E-state index in [1.54, 1.807) is 11.1 Å². The fraction of sp³-hybridized carbons (Fsp3) is 0.364. The molecule has 0 radical (unpaired) electrons. The van der Waals surface area contributed by atoms with Crippen LogP contribution in [-0.2, 0) is 16.6 Å². The van der Waals surface area contributed by atoms with Crippen LogP contribution in [0.3, 0.4) is 0 Å². The van der Waals surface area contributed by atoms with Crippen molar-refractivity contribution in [2.45, 2.75) is 33.1 Å². The molecule has 1 N–H and O–H groups in total. The molecule has 7 nitrogen and oxygen atoms in total. The number of anilines is 1. The molecule has 0 saturated carbocycles. The molecule has 3 rings (SSSR count). The summed E-state index contributed by atoms with van der Waals surface area (Å²) in [6, 6.07) is 9.86. The molecule has 0 bridgehead atoms. The number of benzene rings is 1. The van der Waals surface area contributed by atoms with Crippen molar-refractivity contribution in [3.05, 3.63) is 42.7 Å². The highest BCUT2D eigenvalue weighted by molar-refractivity contribution is 7.19. The summed E-state index contributed by atoms with van der Waals surface area (Å²) >= 11 is 1.40. The van der Waals surface area contributed by atoms with Crippen LogP contribution in [0.4, 0.5) is 5.13 Å². The first-order chi connectivity index (χ1) is 14.5. The van der Waals surface area contributed by atoms with Crippen LogP contribution in [-0.4, -0.2) is 44.3 Å². The third-order valence-corrected chi connectivity index (χ3v) is 5.82. The molecule has 8 heteroatoms. The second-order valence-electron chi connectivity index (χ2n) is 6.89. The molecule has 0 saturated heterocycles. The average Bonchev–Trinajstić information content (AvgIpc) is 3.35. The van der Waals surface area contributed by atoms with Gasteiger partial charge in [-0.3, -0.25) is 9.59 Å². The predicted molar refractivity (Wildman–Crippen MR) is 120 cm³/mol. The number of amides is 2. The van der Waals surface area contributed by atoms with Gasteiger partial charge in [-0.15, -0.1) is 0 Å². The van der Waals surface area contributed by atoms with Gasteiger partial charge in [0.1, 0.15) is 0 Å². The Kier molecular flexibility index (Phi) is 7.35. The molecule has 30 heavy (non-hydrogen) atoms. The van der Waals surface area contributed by atoms with Gasteiger partial charge >= 0.3 is 0 Å². The van der Waals surface area contributed by atoms with Crippen molar-refractivity contribution in [3.8, 4) is 22.0 Å². The Labute approximate surface area is 180 Å². The number of nitrogens with zero attached hydrogens (tertiary/aromatic N) is 4. The molecule has 0 aliphatic rings. The van der Waals surface area contributed by atoms with Gasteiger partial charge in [0.05, 0.1) is 10.6 Å². The van der Waals surface area contributed by atoms with E-state index < -0.39 is 0 Å². The zero-order valence-electron chi connectivity index (χ0n) is 17.6. The van der Waals surface area contributed by atoms with E-state index in [1.807, 2.05) is 62.0 Å². The number of carbonyl (C=O) groups excluding carboxylic acids is 2. The molecule has 2 aromatic heterocycles. The maximum absolute atomic E-state index is 12.4. The van der Waals surface area contributed by atoms with Crippen molar-refractivity contribution in [1.29, 1.82) is 0 Å². The van der Waals surface area contributed by atoms with E-state index in [1.165, 1.54) is 11.3 Å². The van der Waals surface area contributed by atoms with Crippen LogP contribution in [0.15, 0.2) is 42.7 Å². The number of thiazole rings is 1. The topological polar surface area (TPSA) is 80.1 Å². The van der Waals surface area contributed by atoms with E-state index in [0.717, 1.165) is 22.0 Å². The van der Waals surface area contributed by atoms with E-state index in [-0.39, 0.29) is 18.2 Å². The highest BCUT2D eigenvalue weighted by Gasteiger charge is 2.19. The number of imidazole rings is 1. The van der Waals surface area contributed by atoms with Crippen LogP contribution in [0, 0.1) is 0 Å². The summed E-state index contributed by atoms with van der Waals surface area (Å²) in [6.07, 6.45) is 4.81. The summed E-state index contributed by atoms with van der Waals surface area (Å²) in [5, 5.41) is 3.43. The first-order valence-corrected chi connectivity index (χ1v) is 11.0. The molecule has 0 atom stereocenters. The van der Waals surface area contributed by atoms with Crippen LogP contribution in [0.1, 0.15) is 33.1 Å². The van der Waals surface area contributed by atoms with E-state index in [9.17, 15) is 9.59 Å². The number of aryl methyl sites for hydroxylation is 1.